The Labute approximate surface area is 139 Å². The van der Waals surface area contributed by atoms with Crippen LogP contribution in [0.25, 0.3) is 0 Å². The van der Waals surface area contributed by atoms with Crippen LogP contribution >= 0.6 is 28.1 Å². The van der Waals surface area contributed by atoms with Crippen molar-refractivity contribution in [1.82, 2.24) is 0 Å². The molecule has 2 N–H and O–H groups in total. The number of halogens is 1. The SMILES string of the molecule is CCOC[C@@]1(C(N)=S)[C@@H](c2ccc(Br)cc2)[C@@H]1S(C)(=O)=O. The zero-order valence-corrected chi connectivity index (χ0v) is 15.1. The van der Waals surface area contributed by atoms with E-state index in [1.807, 2.05) is 31.2 Å². The fourth-order valence-electron chi connectivity index (χ4n) is 2.98. The minimum Gasteiger partial charge on any atom is -0.393 e. The quantitative estimate of drug-likeness (QED) is 0.753. The number of nitrogens with two attached hydrogens (primary N) is 1. The Morgan fingerprint density at radius 2 is 2.00 bits per heavy atom. The van der Waals surface area contributed by atoms with E-state index >= 15 is 0 Å². The molecule has 0 heterocycles. The summed E-state index contributed by atoms with van der Waals surface area (Å²) in [6.45, 7) is 2.59. The Bertz CT molecular complexity index is 645. The van der Waals surface area contributed by atoms with Gasteiger partial charge < -0.3 is 10.5 Å². The van der Waals surface area contributed by atoms with E-state index in [2.05, 4.69) is 15.9 Å². The number of hydrogen-bond acceptors (Lipinski definition) is 4. The van der Waals surface area contributed by atoms with Gasteiger partial charge in [-0.2, -0.15) is 0 Å². The van der Waals surface area contributed by atoms with Crippen LogP contribution in [0.2, 0.25) is 0 Å². The number of hydrogen-bond donors (Lipinski definition) is 1. The number of rotatable bonds is 6. The summed E-state index contributed by atoms with van der Waals surface area (Å²) in [4.78, 5) is 0.208. The molecule has 1 aromatic carbocycles. The number of sulfone groups is 1. The second-order valence-corrected chi connectivity index (χ2v) is 8.84. The molecule has 116 valence electrons. The largest absolute Gasteiger partial charge is 0.393 e. The van der Waals surface area contributed by atoms with Gasteiger partial charge >= 0.3 is 0 Å². The maximum atomic E-state index is 12.1. The molecular formula is C14H18BrNO3S2. The lowest BCUT2D eigenvalue weighted by Gasteiger charge is -2.16. The smallest absolute Gasteiger partial charge is 0.152 e. The van der Waals surface area contributed by atoms with Gasteiger partial charge in [0.1, 0.15) is 0 Å². The molecule has 0 saturated heterocycles. The fourth-order valence-corrected chi connectivity index (χ4v) is 5.56. The Balaban J connectivity index is 2.46. The standard InChI is InChI=1S/C14H18BrNO3S2/c1-3-19-8-14(13(16)20)11(12(14)21(2,17)18)9-4-6-10(15)7-5-9/h4-7,11-12H,3,8H2,1-2H3,(H2,16,20)/t11-,12-,14+/m0/s1. The summed E-state index contributed by atoms with van der Waals surface area (Å²) in [6.07, 6.45) is 1.23. The fraction of sp³-hybridized carbons (Fsp3) is 0.500. The second-order valence-electron chi connectivity index (χ2n) is 5.32. The van der Waals surface area contributed by atoms with Crippen LogP contribution in [-0.4, -0.2) is 38.1 Å². The highest BCUT2D eigenvalue weighted by molar-refractivity contribution is 9.10. The molecule has 1 saturated carbocycles. The lowest BCUT2D eigenvalue weighted by atomic mass is 10.00. The number of benzene rings is 1. The van der Waals surface area contributed by atoms with E-state index in [0.29, 0.717) is 6.61 Å². The highest BCUT2D eigenvalue weighted by atomic mass is 79.9. The minimum atomic E-state index is -3.28. The van der Waals surface area contributed by atoms with E-state index in [4.69, 9.17) is 22.7 Å². The van der Waals surface area contributed by atoms with Crippen LogP contribution < -0.4 is 5.73 Å². The first-order chi connectivity index (χ1) is 9.75. The Hall–Kier alpha value is -0.500. The lowest BCUT2D eigenvalue weighted by molar-refractivity contribution is 0.121. The molecule has 0 unspecified atom stereocenters. The molecule has 2 rings (SSSR count). The third kappa shape index (κ3) is 3.02. The van der Waals surface area contributed by atoms with Gasteiger partial charge in [-0.15, -0.1) is 0 Å². The summed E-state index contributed by atoms with van der Waals surface area (Å²) >= 11 is 8.56. The van der Waals surface area contributed by atoms with Crippen LogP contribution in [0.5, 0.6) is 0 Å². The first-order valence-electron chi connectivity index (χ1n) is 6.57. The summed E-state index contributed by atoms with van der Waals surface area (Å²) in [5, 5.41) is -0.616. The van der Waals surface area contributed by atoms with Gasteiger partial charge in [0.25, 0.3) is 0 Å². The molecular weight excluding hydrogens is 374 g/mol. The topological polar surface area (TPSA) is 69.4 Å². The van der Waals surface area contributed by atoms with Crippen LogP contribution in [-0.2, 0) is 14.6 Å². The predicted octanol–water partition coefficient (Wildman–Crippen LogP) is 2.27. The van der Waals surface area contributed by atoms with Crippen molar-refractivity contribution in [3.8, 4) is 0 Å². The van der Waals surface area contributed by atoms with Gasteiger partial charge in [-0.25, -0.2) is 8.42 Å². The third-order valence-corrected chi connectivity index (χ3v) is 6.47. The van der Waals surface area contributed by atoms with Crippen molar-refractivity contribution in [3.05, 3.63) is 34.3 Å². The van der Waals surface area contributed by atoms with Crippen molar-refractivity contribution in [2.75, 3.05) is 19.5 Å². The number of thiocarbonyl (C=S) groups is 1. The Morgan fingerprint density at radius 3 is 2.43 bits per heavy atom. The van der Waals surface area contributed by atoms with E-state index in [0.717, 1.165) is 10.0 Å². The molecule has 21 heavy (non-hydrogen) atoms. The van der Waals surface area contributed by atoms with Crippen LogP contribution in [0, 0.1) is 5.41 Å². The minimum absolute atomic E-state index is 0.208. The molecule has 1 aliphatic rings. The first kappa shape index (κ1) is 16.9. The molecule has 0 radical (unpaired) electrons. The normalized spacial score (nSPS) is 28.3. The summed E-state index contributed by atoms with van der Waals surface area (Å²) < 4.78 is 30.7. The van der Waals surface area contributed by atoms with Crippen LogP contribution in [0.3, 0.4) is 0 Å². The molecule has 1 aromatic rings. The second kappa shape index (κ2) is 5.95. The Morgan fingerprint density at radius 1 is 1.43 bits per heavy atom. The highest BCUT2D eigenvalue weighted by Crippen LogP contribution is 2.63. The van der Waals surface area contributed by atoms with E-state index in [1.54, 1.807) is 0 Å². The van der Waals surface area contributed by atoms with Crippen molar-refractivity contribution in [1.29, 1.82) is 0 Å². The van der Waals surface area contributed by atoms with Crippen molar-refractivity contribution < 1.29 is 13.2 Å². The predicted molar refractivity (Wildman–Crippen MR) is 91.2 cm³/mol. The van der Waals surface area contributed by atoms with Gasteiger partial charge in [0.15, 0.2) is 9.84 Å². The molecule has 0 aliphatic heterocycles. The molecule has 1 fully saturated rings. The van der Waals surface area contributed by atoms with E-state index in [9.17, 15) is 8.42 Å². The number of ether oxygens (including phenoxy) is 1. The molecule has 0 spiro atoms. The summed E-state index contributed by atoms with van der Waals surface area (Å²) in [7, 11) is -3.28. The summed E-state index contributed by atoms with van der Waals surface area (Å²) in [6, 6.07) is 7.58. The molecule has 4 nitrogen and oxygen atoms in total. The van der Waals surface area contributed by atoms with Crippen LogP contribution in [0.4, 0.5) is 0 Å². The Kier molecular flexibility index (Phi) is 4.78. The van der Waals surface area contributed by atoms with E-state index < -0.39 is 20.5 Å². The zero-order chi connectivity index (χ0) is 15.8. The average Bonchev–Trinajstić information content (AvgIpc) is 3.08. The van der Waals surface area contributed by atoms with Gasteiger partial charge in [-0.1, -0.05) is 40.3 Å². The van der Waals surface area contributed by atoms with Crippen LogP contribution in [0.1, 0.15) is 18.4 Å². The summed E-state index contributed by atoms with van der Waals surface area (Å²) in [5.41, 5.74) is 6.01. The van der Waals surface area contributed by atoms with Gasteiger partial charge in [-0.3, -0.25) is 0 Å². The van der Waals surface area contributed by atoms with Gasteiger partial charge in [0.05, 0.1) is 22.3 Å². The molecule has 0 amide bonds. The zero-order valence-electron chi connectivity index (χ0n) is 11.9. The summed E-state index contributed by atoms with van der Waals surface area (Å²) in [5.74, 6) is -0.246. The molecule has 3 atom stereocenters. The van der Waals surface area contributed by atoms with Gasteiger partial charge in [0, 0.05) is 23.3 Å². The average molecular weight is 392 g/mol. The molecule has 1 aliphatic carbocycles. The monoisotopic (exact) mass is 391 g/mol. The van der Waals surface area contributed by atoms with Crippen LogP contribution in [0.15, 0.2) is 28.7 Å². The maximum Gasteiger partial charge on any atom is 0.152 e. The molecule has 7 heteroatoms. The van der Waals surface area contributed by atoms with Crippen molar-refractivity contribution in [2.45, 2.75) is 18.1 Å². The van der Waals surface area contributed by atoms with Gasteiger partial charge in [0.2, 0.25) is 0 Å². The van der Waals surface area contributed by atoms with E-state index in [-0.39, 0.29) is 17.5 Å². The molecule has 0 aromatic heterocycles. The molecule has 0 bridgehead atoms. The van der Waals surface area contributed by atoms with Crippen molar-refractivity contribution >= 4 is 43.0 Å². The van der Waals surface area contributed by atoms with E-state index in [1.165, 1.54) is 6.26 Å². The van der Waals surface area contributed by atoms with Crippen molar-refractivity contribution in [2.24, 2.45) is 11.1 Å². The van der Waals surface area contributed by atoms with Gasteiger partial charge in [-0.05, 0) is 24.6 Å². The maximum absolute atomic E-state index is 12.1. The third-order valence-electron chi connectivity index (χ3n) is 3.95. The van der Waals surface area contributed by atoms with Crippen molar-refractivity contribution in [3.63, 3.8) is 0 Å². The first-order valence-corrected chi connectivity index (χ1v) is 9.72. The highest BCUT2D eigenvalue weighted by Gasteiger charge is 2.71. The lowest BCUT2D eigenvalue weighted by Crippen LogP contribution is -2.33.